The average molecular weight is 464 g/mol. The van der Waals surface area contributed by atoms with E-state index in [1.807, 2.05) is 12.1 Å². The first-order valence-corrected chi connectivity index (χ1v) is 11.2. The molecule has 2 aromatic carbocycles. The molecule has 1 aliphatic rings. The van der Waals surface area contributed by atoms with Crippen molar-refractivity contribution in [3.05, 3.63) is 62.9 Å². The van der Waals surface area contributed by atoms with E-state index in [1.165, 1.54) is 11.8 Å². The average Bonchev–Trinajstić information content (AvgIpc) is 3.25. The summed E-state index contributed by atoms with van der Waals surface area (Å²) in [6, 6.07) is 12.2. The van der Waals surface area contributed by atoms with Gasteiger partial charge in [-0.05, 0) is 37.1 Å². The molecule has 2 heterocycles. The lowest BCUT2D eigenvalue weighted by Crippen LogP contribution is -2.29. The molecule has 0 radical (unpaired) electrons. The Morgan fingerprint density at radius 1 is 1.23 bits per heavy atom. The predicted molar refractivity (Wildman–Crippen MR) is 121 cm³/mol. The van der Waals surface area contributed by atoms with E-state index in [0.717, 1.165) is 12.8 Å². The number of para-hydroxylation sites is 1. The molecule has 1 aliphatic heterocycles. The maximum absolute atomic E-state index is 13.1. The highest BCUT2D eigenvalue weighted by Gasteiger charge is 2.21. The zero-order valence-corrected chi connectivity index (χ0v) is 18.3. The minimum absolute atomic E-state index is 0.0240. The van der Waals surface area contributed by atoms with Crippen LogP contribution in [0.15, 0.2) is 52.4 Å². The molecule has 1 fully saturated rings. The summed E-state index contributed by atoms with van der Waals surface area (Å²) < 4.78 is 7.32. The summed E-state index contributed by atoms with van der Waals surface area (Å²) in [5.74, 6) is -0.200. The highest BCUT2D eigenvalue weighted by atomic mass is 35.5. The molecule has 9 heteroatoms. The summed E-state index contributed by atoms with van der Waals surface area (Å²) in [5, 5.41) is 4.44. The summed E-state index contributed by atoms with van der Waals surface area (Å²) in [5.41, 5.74) is 0.918. The van der Waals surface area contributed by atoms with Gasteiger partial charge in [-0.3, -0.25) is 14.2 Å². The lowest BCUT2D eigenvalue weighted by molar-refractivity contribution is -0.113. The Hall–Kier alpha value is -2.06. The third-order valence-corrected chi connectivity index (χ3v) is 6.59. The Kier molecular flexibility index (Phi) is 6.63. The van der Waals surface area contributed by atoms with E-state index in [4.69, 9.17) is 27.9 Å². The first-order valence-electron chi connectivity index (χ1n) is 9.51. The Morgan fingerprint density at radius 3 is 2.87 bits per heavy atom. The Balaban J connectivity index is 1.57. The number of aromatic nitrogens is 2. The number of nitrogens with zero attached hydrogens (tertiary/aromatic N) is 2. The number of benzene rings is 2. The van der Waals surface area contributed by atoms with Crippen molar-refractivity contribution in [1.29, 1.82) is 0 Å². The summed E-state index contributed by atoms with van der Waals surface area (Å²) in [6.45, 7) is 1.12. The van der Waals surface area contributed by atoms with Gasteiger partial charge in [0.2, 0.25) is 5.91 Å². The molecule has 0 aliphatic carbocycles. The van der Waals surface area contributed by atoms with E-state index in [2.05, 4.69) is 10.3 Å². The second-order valence-corrected chi connectivity index (χ2v) is 8.63. The van der Waals surface area contributed by atoms with Crippen molar-refractivity contribution < 1.29 is 9.53 Å². The number of rotatable bonds is 6. The summed E-state index contributed by atoms with van der Waals surface area (Å²) in [6.07, 6.45) is 1.85. The van der Waals surface area contributed by atoms with E-state index in [9.17, 15) is 9.59 Å². The molecule has 0 unspecified atom stereocenters. The number of carbonyl (C=O) groups is 1. The number of thioether (sulfide) groups is 1. The molecule has 1 saturated heterocycles. The molecule has 156 valence electrons. The number of hydrogen-bond acceptors (Lipinski definition) is 5. The minimum Gasteiger partial charge on any atom is -0.376 e. The number of carbonyl (C=O) groups excluding carboxylic acids is 1. The van der Waals surface area contributed by atoms with Crippen molar-refractivity contribution >= 4 is 57.5 Å². The first-order chi connectivity index (χ1) is 14.5. The number of halogens is 2. The lowest BCUT2D eigenvalue weighted by Gasteiger charge is -2.16. The van der Waals surface area contributed by atoms with Crippen LogP contribution in [0.3, 0.4) is 0 Å². The molecule has 1 aromatic heterocycles. The van der Waals surface area contributed by atoms with Crippen molar-refractivity contribution in [2.45, 2.75) is 30.6 Å². The van der Waals surface area contributed by atoms with E-state index in [0.29, 0.717) is 39.9 Å². The highest BCUT2D eigenvalue weighted by molar-refractivity contribution is 7.99. The zero-order valence-electron chi connectivity index (χ0n) is 15.9. The first kappa shape index (κ1) is 21.2. The SMILES string of the molecule is O=C(CSc1nc2ccccc2c(=O)n1C[C@H]1CCCO1)Nc1cccc(Cl)c1Cl. The van der Waals surface area contributed by atoms with Crippen LogP contribution in [0.1, 0.15) is 12.8 Å². The molecule has 3 aromatic rings. The molecule has 0 saturated carbocycles. The number of fused-ring (bicyclic) bond motifs is 1. The van der Waals surface area contributed by atoms with Crippen molar-refractivity contribution in [2.24, 2.45) is 0 Å². The Labute approximate surface area is 187 Å². The molecular formula is C21H19Cl2N3O3S. The van der Waals surface area contributed by atoms with Gasteiger partial charge >= 0.3 is 0 Å². The fourth-order valence-electron chi connectivity index (χ4n) is 3.33. The molecule has 0 spiro atoms. The van der Waals surface area contributed by atoms with Crippen molar-refractivity contribution in [3.63, 3.8) is 0 Å². The van der Waals surface area contributed by atoms with Crippen LogP contribution in [-0.4, -0.2) is 33.9 Å². The topological polar surface area (TPSA) is 73.2 Å². The van der Waals surface area contributed by atoms with Gasteiger partial charge in [0.05, 0.1) is 45.0 Å². The summed E-state index contributed by atoms with van der Waals surface area (Å²) in [7, 11) is 0. The molecule has 1 amide bonds. The second kappa shape index (κ2) is 9.39. The van der Waals surface area contributed by atoms with Crippen molar-refractivity contribution in [1.82, 2.24) is 9.55 Å². The highest BCUT2D eigenvalue weighted by Crippen LogP contribution is 2.30. The molecule has 30 heavy (non-hydrogen) atoms. The van der Waals surface area contributed by atoms with Crippen LogP contribution in [0.2, 0.25) is 10.0 Å². The van der Waals surface area contributed by atoms with Crippen LogP contribution < -0.4 is 10.9 Å². The van der Waals surface area contributed by atoms with Crippen LogP contribution in [-0.2, 0) is 16.1 Å². The van der Waals surface area contributed by atoms with Crippen LogP contribution in [0.25, 0.3) is 10.9 Å². The predicted octanol–water partition coefficient (Wildman–Crippen LogP) is 4.61. The fourth-order valence-corrected chi connectivity index (χ4v) is 4.48. The number of nitrogens with one attached hydrogen (secondary N) is 1. The van der Waals surface area contributed by atoms with Gasteiger partial charge in [-0.15, -0.1) is 0 Å². The molecule has 4 rings (SSSR count). The van der Waals surface area contributed by atoms with E-state index >= 15 is 0 Å². The fraction of sp³-hybridized carbons (Fsp3) is 0.286. The van der Waals surface area contributed by atoms with E-state index < -0.39 is 0 Å². The van der Waals surface area contributed by atoms with Crippen molar-refractivity contribution in [3.8, 4) is 0 Å². The normalized spacial score (nSPS) is 16.1. The third-order valence-electron chi connectivity index (χ3n) is 4.79. The number of anilines is 1. The lowest BCUT2D eigenvalue weighted by atomic mass is 10.2. The number of amides is 1. The Bertz CT molecular complexity index is 1150. The van der Waals surface area contributed by atoms with Crippen LogP contribution in [0.5, 0.6) is 0 Å². The quantitative estimate of drug-likeness (QED) is 0.426. The zero-order chi connectivity index (χ0) is 21.1. The van der Waals surface area contributed by atoms with Crippen molar-refractivity contribution in [2.75, 3.05) is 17.7 Å². The molecule has 6 nitrogen and oxygen atoms in total. The Morgan fingerprint density at radius 2 is 2.07 bits per heavy atom. The maximum atomic E-state index is 13.1. The maximum Gasteiger partial charge on any atom is 0.262 e. The van der Waals surface area contributed by atoms with Crippen LogP contribution in [0.4, 0.5) is 5.69 Å². The minimum atomic E-state index is -0.268. The smallest absolute Gasteiger partial charge is 0.262 e. The van der Waals surface area contributed by atoms with E-state index in [-0.39, 0.29) is 28.3 Å². The molecule has 1 atom stereocenters. The molecular weight excluding hydrogens is 445 g/mol. The third kappa shape index (κ3) is 4.64. The standard InChI is InChI=1S/C21H19Cl2N3O3S/c22-15-7-3-9-17(19(15)23)24-18(27)12-30-21-25-16-8-2-1-6-14(16)20(28)26(21)11-13-5-4-10-29-13/h1-3,6-9,13H,4-5,10-12H2,(H,24,27)/t13-/m1/s1. The number of hydrogen-bond donors (Lipinski definition) is 1. The van der Waals surface area contributed by atoms with Gasteiger partial charge in [-0.2, -0.15) is 0 Å². The van der Waals surface area contributed by atoms with Gasteiger partial charge in [-0.1, -0.05) is 53.2 Å². The second-order valence-electron chi connectivity index (χ2n) is 6.90. The molecule has 0 bridgehead atoms. The van der Waals surface area contributed by atoms with Gasteiger partial charge in [0.25, 0.3) is 5.56 Å². The molecule has 1 N–H and O–H groups in total. The van der Waals surface area contributed by atoms with E-state index in [1.54, 1.807) is 34.9 Å². The van der Waals surface area contributed by atoms with Gasteiger partial charge in [0.15, 0.2) is 5.16 Å². The number of ether oxygens (including phenoxy) is 1. The van der Waals surface area contributed by atoms with Gasteiger partial charge in [-0.25, -0.2) is 4.98 Å². The largest absolute Gasteiger partial charge is 0.376 e. The summed E-state index contributed by atoms with van der Waals surface area (Å²) in [4.78, 5) is 30.2. The van der Waals surface area contributed by atoms with Gasteiger partial charge in [0, 0.05) is 6.61 Å². The van der Waals surface area contributed by atoms with Gasteiger partial charge < -0.3 is 10.1 Å². The monoisotopic (exact) mass is 463 g/mol. The van der Waals surface area contributed by atoms with Gasteiger partial charge in [0.1, 0.15) is 0 Å². The summed E-state index contributed by atoms with van der Waals surface area (Å²) >= 11 is 13.3. The van der Waals surface area contributed by atoms with Crippen LogP contribution >= 0.6 is 35.0 Å². The van der Waals surface area contributed by atoms with Crippen LogP contribution in [0, 0.1) is 0 Å².